The number of phenolic OH excluding ortho intramolecular Hbond substituents is 1. The molecule has 0 bridgehead atoms. The summed E-state index contributed by atoms with van der Waals surface area (Å²) in [5.41, 5.74) is 0.768. The Morgan fingerprint density at radius 2 is 2.22 bits per heavy atom. The number of carbonyl (C=O) groups is 1. The van der Waals surface area contributed by atoms with Crippen LogP contribution < -0.4 is 5.32 Å². The summed E-state index contributed by atoms with van der Waals surface area (Å²) in [5.74, 6) is -1.69. The minimum absolute atomic E-state index is 0.313. The molecule has 2 rings (SSSR count). The van der Waals surface area contributed by atoms with Gasteiger partial charge in [0.05, 0.1) is 6.54 Å². The van der Waals surface area contributed by atoms with Crippen molar-refractivity contribution in [3.8, 4) is 5.75 Å². The van der Waals surface area contributed by atoms with E-state index in [4.69, 9.17) is 0 Å². The van der Waals surface area contributed by atoms with Crippen LogP contribution >= 0.6 is 11.3 Å². The first-order valence-electron chi connectivity index (χ1n) is 5.38. The molecular weight excluding hydrogens is 253 g/mol. The van der Waals surface area contributed by atoms with E-state index in [9.17, 15) is 14.3 Å². The third kappa shape index (κ3) is 2.51. The second kappa shape index (κ2) is 5.18. The highest BCUT2D eigenvalue weighted by Gasteiger charge is 2.16. The number of aromatic hydroxyl groups is 1. The number of rotatable bonds is 3. The van der Waals surface area contributed by atoms with Gasteiger partial charge in [-0.2, -0.15) is 0 Å². The lowest BCUT2D eigenvalue weighted by atomic mass is 10.1. The Balaban J connectivity index is 2.11. The van der Waals surface area contributed by atoms with Gasteiger partial charge in [-0.3, -0.25) is 4.79 Å². The maximum Gasteiger partial charge on any atom is 0.258 e. The predicted molar refractivity (Wildman–Crippen MR) is 68.3 cm³/mol. The van der Waals surface area contributed by atoms with Gasteiger partial charge in [0, 0.05) is 4.88 Å². The summed E-state index contributed by atoms with van der Waals surface area (Å²) in [4.78, 5) is 12.8. The van der Waals surface area contributed by atoms with Crippen LogP contribution in [0.15, 0.2) is 29.6 Å². The molecule has 2 N–H and O–H groups in total. The highest BCUT2D eigenvalue weighted by atomic mass is 32.1. The number of thiophene rings is 1. The number of aryl methyl sites for hydroxylation is 1. The Morgan fingerprint density at radius 1 is 1.44 bits per heavy atom. The van der Waals surface area contributed by atoms with Gasteiger partial charge >= 0.3 is 0 Å². The molecule has 1 aromatic carbocycles. The van der Waals surface area contributed by atoms with E-state index >= 15 is 0 Å². The zero-order valence-corrected chi connectivity index (χ0v) is 10.6. The van der Waals surface area contributed by atoms with Crippen molar-refractivity contribution in [2.24, 2.45) is 0 Å². The number of nitrogens with one attached hydrogen (secondary N) is 1. The number of hydrogen-bond acceptors (Lipinski definition) is 3. The Kier molecular flexibility index (Phi) is 3.62. The maximum absolute atomic E-state index is 13.4. The molecule has 0 fully saturated rings. The van der Waals surface area contributed by atoms with Gasteiger partial charge in [0.25, 0.3) is 5.91 Å². The molecule has 0 radical (unpaired) electrons. The molecule has 0 saturated heterocycles. The fourth-order valence-electron chi connectivity index (χ4n) is 1.57. The molecule has 0 aliphatic heterocycles. The molecule has 3 nitrogen and oxygen atoms in total. The molecule has 2 aromatic rings. The Hall–Kier alpha value is -1.88. The van der Waals surface area contributed by atoms with E-state index in [1.54, 1.807) is 0 Å². The normalized spacial score (nSPS) is 10.3. The Bertz CT molecular complexity index is 560. The van der Waals surface area contributed by atoms with Gasteiger partial charge in [0.1, 0.15) is 17.1 Å². The average Bonchev–Trinajstić information content (AvgIpc) is 2.72. The number of hydrogen-bond donors (Lipinski definition) is 2. The van der Waals surface area contributed by atoms with E-state index in [0.717, 1.165) is 16.5 Å². The van der Waals surface area contributed by atoms with Crippen LogP contribution in [0.5, 0.6) is 5.75 Å². The minimum atomic E-state index is -0.726. The average molecular weight is 265 g/mol. The van der Waals surface area contributed by atoms with Crippen LogP contribution in [0, 0.1) is 12.7 Å². The van der Waals surface area contributed by atoms with Crippen LogP contribution in [0.1, 0.15) is 20.8 Å². The van der Waals surface area contributed by atoms with Gasteiger partial charge in [-0.05, 0) is 36.1 Å². The highest BCUT2D eigenvalue weighted by Crippen LogP contribution is 2.20. The van der Waals surface area contributed by atoms with Crippen molar-refractivity contribution in [3.63, 3.8) is 0 Å². The summed E-state index contributed by atoms with van der Waals surface area (Å²) in [5, 5.41) is 14.0. The molecule has 0 saturated carbocycles. The second-order valence-corrected chi connectivity index (χ2v) is 4.84. The van der Waals surface area contributed by atoms with Crippen molar-refractivity contribution in [2.45, 2.75) is 13.5 Å². The van der Waals surface area contributed by atoms with E-state index in [2.05, 4.69) is 5.32 Å². The molecule has 1 amide bonds. The lowest BCUT2D eigenvalue weighted by Gasteiger charge is -2.07. The molecule has 18 heavy (non-hydrogen) atoms. The zero-order chi connectivity index (χ0) is 13.1. The van der Waals surface area contributed by atoms with Gasteiger partial charge in [-0.25, -0.2) is 4.39 Å². The number of benzene rings is 1. The summed E-state index contributed by atoms with van der Waals surface area (Å²) in [6.07, 6.45) is 0. The SMILES string of the molecule is Cc1ccsc1CNC(=O)c1c(O)cccc1F. The first-order valence-corrected chi connectivity index (χ1v) is 6.26. The first-order chi connectivity index (χ1) is 8.59. The van der Waals surface area contributed by atoms with Crippen LogP contribution in [0.3, 0.4) is 0 Å². The van der Waals surface area contributed by atoms with Crippen molar-refractivity contribution in [3.05, 3.63) is 51.5 Å². The third-order valence-electron chi connectivity index (χ3n) is 2.60. The molecule has 0 spiro atoms. The van der Waals surface area contributed by atoms with Gasteiger partial charge < -0.3 is 10.4 Å². The summed E-state index contributed by atoms with van der Waals surface area (Å²) in [6.45, 7) is 2.27. The third-order valence-corrected chi connectivity index (χ3v) is 3.62. The van der Waals surface area contributed by atoms with Crippen molar-refractivity contribution in [1.29, 1.82) is 0 Å². The van der Waals surface area contributed by atoms with E-state index in [-0.39, 0.29) is 11.3 Å². The smallest absolute Gasteiger partial charge is 0.258 e. The number of carbonyl (C=O) groups excluding carboxylic acids is 1. The van der Waals surface area contributed by atoms with E-state index < -0.39 is 11.7 Å². The van der Waals surface area contributed by atoms with Crippen molar-refractivity contribution in [2.75, 3.05) is 0 Å². The summed E-state index contributed by atoms with van der Waals surface area (Å²) < 4.78 is 13.4. The van der Waals surface area contributed by atoms with Crippen molar-refractivity contribution >= 4 is 17.2 Å². The van der Waals surface area contributed by atoms with Crippen molar-refractivity contribution in [1.82, 2.24) is 5.32 Å². The van der Waals surface area contributed by atoms with Crippen molar-refractivity contribution < 1.29 is 14.3 Å². The van der Waals surface area contributed by atoms with Crippen LogP contribution in [0.4, 0.5) is 4.39 Å². The first kappa shape index (κ1) is 12.6. The summed E-state index contributed by atoms with van der Waals surface area (Å²) in [7, 11) is 0. The standard InChI is InChI=1S/C13H12FNO2S/c1-8-5-6-18-11(8)7-15-13(17)12-9(14)3-2-4-10(12)16/h2-6,16H,7H2,1H3,(H,15,17). The fraction of sp³-hybridized carbons (Fsp3) is 0.154. The predicted octanol–water partition coefficient (Wildman–Crippen LogP) is 2.83. The van der Waals surface area contributed by atoms with E-state index in [0.29, 0.717) is 6.54 Å². The molecular formula is C13H12FNO2S. The summed E-state index contributed by atoms with van der Waals surface area (Å²) >= 11 is 1.52. The second-order valence-electron chi connectivity index (χ2n) is 3.84. The van der Waals surface area contributed by atoms with Gasteiger partial charge in [0.15, 0.2) is 0 Å². The number of amides is 1. The molecule has 5 heteroatoms. The topological polar surface area (TPSA) is 49.3 Å². The van der Waals surface area contributed by atoms with Gasteiger partial charge in [0.2, 0.25) is 0 Å². The van der Waals surface area contributed by atoms with Gasteiger partial charge in [-0.1, -0.05) is 6.07 Å². The molecule has 0 aliphatic rings. The number of halogens is 1. The lowest BCUT2D eigenvalue weighted by Crippen LogP contribution is -2.23. The Labute approximate surface area is 108 Å². The molecule has 94 valence electrons. The monoisotopic (exact) mass is 265 g/mol. The minimum Gasteiger partial charge on any atom is -0.507 e. The fourth-order valence-corrected chi connectivity index (χ4v) is 2.42. The Morgan fingerprint density at radius 3 is 2.83 bits per heavy atom. The summed E-state index contributed by atoms with van der Waals surface area (Å²) in [6, 6.07) is 5.73. The van der Waals surface area contributed by atoms with Crippen LogP contribution in [-0.2, 0) is 6.54 Å². The molecule has 0 atom stereocenters. The zero-order valence-electron chi connectivity index (χ0n) is 9.74. The lowest BCUT2D eigenvalue weighted by molar-refractivity contribution is 0.0944. The quantitative estimate of drug-likeness (QED) is 0.896. The molecule has 0 unspecified atom stereocenters. The number of phenols is 1. The van der Waals surface area contributed by atoms with Crippen LogP contribution in [0.2, 0.25) is 0 Å². The molecule has 1 aromatic heterocycles. The van der Waals surface area contributed by atoms with Gasteiger partial charge in [-0.15, -0.1) is 11.3 Å². The van der Waals surface area contributed by atoms with E-state index in [1.807, 2.05) is 18.4 Å². The largest absolute Gasteiger partial charge is 0.507 e. The molecule has 0 aliphatic carbocycles. The molecule has 1 heterocycles. The highest BCUT2D eigenvalue weighted by molar-refractivity contribution is 7.10. The maximum atomic E-state index is 13.4. The van der Waals surface area contributed by atoms with Crippen LogP contribution in [-0.4, -0.2) is 11.0 Å². The van der Waals surface area contributed by atoms with E-state index in [1.165, 1.54) is 23.5 Å². The van der Waals surface area contributed by atoms with Crippen LogP contribution in [0.25, 0.3) is 0 Å².